The molecule has 0 unspecified atom stereocenters. The minimum absolute atomic E-state index is 0.0993. The van der Waals surface area contributed by atoms with Crippen LogP contribution in [0.3, 0.4) is 0 Å². The molecule has 0 saturated heterocycles. The van der Waals surface area contributed by atoms with Gasteiger partial charge in [0.25, 0.3) is 0 Å². The van der Waals surface area contributed by atoms with Crippen molar-refractivity contribution in [3.05, 3.63) is 0 Å². The van der Waals surface area contributed by atoms with E-state index in [9.17, 15) is 4.79 Å². The first kappa shape index (κ1) is 18.7. The second kappa shape index (κ2) is 8.30. The van der Waals surface area contributed by atoms with Gasteiger partial charge in [0.15, 0.2) is 0 Å². The molecule has 0 aliphatic carbocycles. The lowest BCUT2D eigenvalue weighted by atomic mass is 9.85. The van der Waals surface area contributed by atoms with Crippen LogP contribution in [0.4, 0.5) is 0 Å². The number of hydrogen-bond acceptors (Lipinski definition) is 5. The van der Waals surface area contributed by atoms with Crippen LogP contribution in [0.2, 0.25) is 0 Å². The van der Waals surface area contributed by atoms with Crippen LogP contribution in [-0.4, -0.2) is 43.4 Å². The van der Waals surface area contributed by atoms with Crippen LogP contribution < -0.4 is 0 Å². The molecule has 0 fully saturated rings. The number of carbonyl (C=O) groups is 1. The molecular weight excluding hydrogens is 280 g/mol. The van der Waals surface area contributed by atoms with Crippen molar-refractivity contribution in [2.24, 2.45) is 15.9 Å². The van der Waals surface area contributed by atoms with Gasteiger partial charge >= 0.3 is 0 Å². The fourth-order valence-corrected chi connectivity index (χ4v) is 2.96. The summed E-state index contributed by atoms with van der Waals surface area (Å²) >= 11 is 0. The van der Waals surface area contributed by atoms with Crippen LogP contribution in [0.25, 0.3) is 0 Å². The van der Waals surface area contributed by atoms with Gasteiger partial charge in [0.1, 0.15) is 17.4 Å². The molecule has 1 rings (SSSR count). The van der Waals surface area contributed by atoms with Gasteiger partial charge in [-0.1, -0.05) is 27.2 Å². The molecule has 0 spiro atoms. The van der Waals surface area contributed by atoms with E-state index in [0.717, 1.165) is 25.7 Å². The van der Waals surface area contributed by atoms with Crippen LogP contribution in [0.15, 0.2) is 9.98 Å². The fraction of sp³-hybridized carbons (Fsp3) is 0.824. The minimum Gasteiger partial charge on any atom is -0.483 e. The maximum Gasteiger partial charge on any atom is 0.212 e. The predicted molar refractivity (Wildman–Crippen MR) is 89.7 cm³/mol. The van der Waals surface area contributed by atoms with Gasteiger partial charge in [0.2, 0.25) is 11.8 Å². The standard InChI is InChI=1S/C17H30N2O3/c1-7-10-17(11-8-9-13(4)20)16(22-6)18-14(12(2)3)15(19-17)21-5/h12,14H,7-11H2,1-6H3/t14-,17-/m1/s1. The molecule has 1 aliphatic rings. The molecule has 0 aromatic carbocycles. The van der Waals surface area contributed by atoms with E-state index in [1.165, 1.54) is 0 Å². The summed E-state index contributed by atoms with van der Waals surface area (Å²) in [5, 5.41) is 0. The first-order chi connectivity index (χ1) is 10.4. The van der Waals surface area contributed by atoms with Crippen LogP contribution in [0, 0.1) is 5.92 Å². The first-order valence-electron chi connectivity index (χ1n) is 8.15. The third kappa shape index (κ3) is 4.31. The maximum atomic E-state index is 11.2. The number of rotatable bonds is 7. The molecule has 126 valence electrons. The zero-order valence-corrected chi connectivity index (χ0v) is 14.8. The summed E-state index contributed by atoms with van der Waals surface area (Å²) in [5.41, 5.74) is -0.490. The summed E-state index contributed by atoms with van der Waals surface area (Å²) in [6, 6.07) is -0.0993. The summed E-state index contributed by atoms with van der Waals surface area (Å²) < 4.78 is 11.1. The van der Waals surface area contributed by atoms with Gasteiger partial charge in [0.05, 0.1) is 14.2 Å². The lowest BCUT2D eigenvalue weighted by molar-refractivity contribution is -0.117. The Balaban J connectivity index is 3.12. The largest absolute Gasteiger partial charge is 0.483 e. The van der Waals surface area contributed by atoms with E-state index in [1.54, 1.807) is 21.1 Å². The van der Waals surface area contributed by atoms with Crippen molar-refractivity contribution < 1.29 is 14.3 Å². The lowest BCUT2D eigenvalue weighted by Crippen LogP contribution is -2.46. The smallest absolute Gasteiger partial charge is 0.212 e. The Kier molecular flexibility index (Phi) is 7.04. The average molecular weight is 310 g/mol. The van der Waals surface area contributed by atoms with Crippen LogP contribution in [0.1, 0.15) is 59.8 Å². The van der Waals surface area contributed by atoms with E-state index >= 15 is 0 Å². The molecule has 0 aromatic heterocycles. The van der Waals surface area contributed by atoms with Crippen molar-refractivity contribution in [1.82, 2.24) is 0 Å². The van der Waals surface area contributed by atoms with Crippen molar-refractivity contribution >= 4 is 17.6 Å². The van der Waals surface area contributed by atoms with Crippen molar-refractivity contribution in [3.63, 3.8) is 0 Å². The Hall–Kier alpha value is -1.39. The predicted octanol–water partition coefficient (Wildman–Crippen LogP) is 3.41. The molecule has 0 aromatic rings. The van der Waals surface area contributed by atoms with Gasteiger partial charge in [-0.15, -0.1) is 0 Å². The second-order valence-corrected chi connectivity index (χ2v) is 6.32. The Morgan fingerprint density at radius 1 is 1.27 bits per heavy atom. The van der Waals surface area contributed by atoms with E-state index < -0.39 is 5.54 Å². The van der Waals surface area contributed by atoms with Gasteiger partial charge in [-0.05, 0) is 32.1 Å². The number of Topliss-reactive ketones (excluding diaryl/α,β-unsaturated/α-hetero) is 1. The summed E-state index contributed by atoms with van der Waals surface area (Å²) in [4.78, 5) is 20.9. The van der Waals surface area contributed by atoms with Crippen LogP contribution in [0.5, 0.6) is 0 Å². The van der Waals surface area contributed by atoms with E-state index in [1.807, 2.05) is 0 Å². The lowest BCUT2D eigenvalue weighted by Gasteiger charge is -2.36. The molecule has 5 nitrogen and oxygen atoms in total. The highest BCUT2D eigenvalue weighted by atomic mass is 16.5. The number of ketones is 1. The number of hydrogen-bond donors (Lipinski definition) is 0. The van der Waals surface area contributed by atoms with Gasteiger partial charge in [0, 0.05) is 6.42 Å². The number of methoxy groups -OCH3 is 2. The number of aliphatic imine (C=N–C) groups is 2. The molecule has 0 radical (unpaired) electrons. The Morgan fingerprint density at radius 2 is 1.95 bits per heavy atom. The highest BCUT2D eigenvalue weighted by Crippen LogP contribution is 2.33. The van der Waals surface area contributed by atoms with E-state index in [2.05, 4.69) is 20.8 Å². The first-order valence-corrected chi connectivity index (χ1v) is 8.15. The monoisotopic (exact) mass is 310 g/mol. The summed E-state index contributed by atoms with van der Waals surface area (Å²) in [7, 11) is 3.30. The SMILES string of the molecule is CCC[C@]1(CCCC(C)=O)N=C(OC)[C@@H](C(C)C)N=C1OC. The van der Waals surface area contributed by atoms with E-state index in [4.69, 9.17) is 19.5 Å². The van der Waals surface area contributed by atoms with Crippen molar-refractivity contribution in [2.45, 2.75) is 71.4 Å². The zero-order chi connectivity index (χ0) is 16.8. The molecule has 5 heteroatoms. The molecule has 22 heavy (non-hydrogen) atoms. The second-order valence-electron chi connectivity index (χ2n) is 6.32. The summed E-state index contributed by atoms with van der Waals surface area (Å²) in [6.45, 7) is 7.94. The third-order valence-electron chi connectivity index (χ3n) is 4.05. The highest BCUT2D eigenvalue weighted by molar-refractivity contribution is 5.96. The van der Waals surface area contributed by atoms with Crippen molar-refractivity contribution in [2.75, 3.05) is 14.2 Å². The molecule has 0 amide bonds. The Labute approximate surface area is 134 Å². The molecule has 1 aliphatic heterocycles. The number of ether oxygens (including phenoxy) is 2. The Morgan fingerprint density at radius 3 is 2.41 bits per heavy atom. The quantitative estimate of drug-likeness (QED) is 0.724. The van der Waals surface area contributed by atoms with Crippen molar-refractivity contribution in [3.8, 4) is 0 Å². The van der Waals surface area contributed by atoms with E-state index in [-0.39, 0.29) is 11.8 Å². The van der Waals surface area contributed by atoms with E-state index in [0.29, 0.717) is 24.1 Å². The molecule has 1 heterocycles. The van der Waals surface area contributed by atoms with Crippen LogP contribution >= 0.6 is 0 Å². The summed E-state index contributed by atoms with van der Waals surface area (Å²) in [5.74, 6) is 1.85. The molecule has 2 atom stereocenters. The van der Waals surface area contributed by atoms with Gasteiger partial charge in [-0.25, -0.2) is 9.98 Å². The minimum atomic E-state index is -0.490. The average Bonchev–Trinajstić information content (AvgIpc) is 2.46. The highest BCUT2D eigenvalue weighted by Gasteiger charge is 2.42. The number of nitrogens with zero attached hydrogens (tertiary/aromatic N) is 2. The van der Waals surface area contributed by atoms with Crippen LogP contribution in [-0.2, 0) is 14.3 Å². The number of carbonyl (C=O) groups excluding carboxylic acids is 1. The fourth-order valence-electron chi connectivity index (χ4n) is 2.96. The third-order valence-corrected chi connectivity index (χ3v) is 4.05. The zero-order valence-electron chi connectivity index (χ0n) is 14.8. The van der Waals surface area contributed by atoms with Gasteiger partial charge < -0.3 is 14.3 Å². The normalized spacial score (nSPS) is 24.8. The summed E-state index contributed by atoms with van der Waals surface area (Å²) in [6.07, 6.45) is 3.91. The van der Waals surface area contributed by atoms with Crippen molar-refractivity contribution in [1.29, 1.82) is 0 Å². The molecule has 0 N–H and O–H groups in total. The maximum absolute atomic E-state index is 11.2. The molecule has 0 saturated carbocycles. The van der Waals surface area contributed by atoms with Gasteiger partial charge in [-0.2, -0.15) is 0 Å². The Bertz CT molecular complexity index is 443. The molecule has 0 bridgehead atoms. The van der Waals surface area contributed by atoms with Gasteiger partial charge in [-0.3, -0.25) is 0 Å². The topological polar surface area (TPSA) is 60.2 Å². The molecular formula is C17H30N2O3.